The normalized spacial score (nSPS) is 16.8. The van der Waals surface area contributed by atoms with Gasteiger partial charge in [0.1, 0.15) is 11.6 Å². The molecule has 2 heterocycles. The van der Waals surface area contributed by atoms with Crippen LogP contribution in [-0.2, 0) is 0 Å². The molecule has 6 nitrogen and oxygen atoms in total. The van der Waals surface area contributed by atoms with Crippen LogP contribution in [0.3, 0.4) is 0 Å². The molecular weight excluding hydrogens is 357 g/mol. The molecule has 0 saturated carbocycles. The highest BCUT2D eigenvalue weighted by molar-refractivity contribution is 5.91. The van der Waals surface area contributed by atoms with Crippen LogP contribution in [0, 0.1) is 5.82 Å². The topological polar surface area (TPSA) is 63.1 Å². The molecule has 0 aliphatic carbocycles. The lowest BCUT2D eigenvalue weighted by Gasteiger charge is -2.23. The zero-order chi connectivity index (χ0) is 18.0. The Balaban J connectivity index is 0.00000243. The fourth-order valence-corrected chi connectivity index (χ4v) is 3.27. The van der Waals surface area contributed by atoms with E-state index in [1.807, 2.05) is 25.8 Å². The molecule has 1 fully saturated rings. The van der Waals surface area contributed by atoms with Crippen LogP contribution < -0.4 is 5.32 Å². The lowest BCUT2D eigenvalue weighted by molar-refractivity contribution is 0.0724. The first kappa shape index (κ1) is 20.3. The van der Waals surface area contributed by atoms with E-state index in [9.17, 15) is 9.18 Å². The number of likely N-dealkylation sites (N-methyl/N-ethyl adjacent to an activating group) is 1. The summed E-state index contributed by atoms with van der Waals surface area (Å²) in [5, 5.41) is 7.54. The summed E-state index contributed by atoms with van der Waals surface area (Å²) in [4.78, 5) is 19.2. The van der Waals surface area contributed by atoms with Crippen LogP contribution in [0.2, 0.25) is 0 Å². The smallest absolute Gasteiger partial charge is 0.293 e. The lowest BCUT2D eigenvalue weighted by atomic mass is 10.2. The van der Waals surface area contributed by atoms with Gasteiger partial charge in [0, 0.05) is 25.0 Å². The van der Waals surface area contributed by atoms with E-state index in [4.69, 9.17) is 0 Å². The van der Waals surface area contributed by atoms with Gasteiger partial charge in [-0.25, -0.2) is 14.1 Å². The van der Waals surface area contributed by atoms with Gasteiger partial charge in [-0.2, -0.15) is 0 Å². The molecule has 0 radical (unpaired) electrons. The van der Waals surface area contributed by atoms with Crippen LogP contribution in [-0.4, -0.2) is 51.8 Å². The Bertz CT molecular complexity index is 764. The summed E-state index contributed by atoms with van der Waals surface area (Å²) >= 11 is 0. The molecule has 1 unspecified atom stereocenters. The molecule has 0 spiro atoms. The average Bonchev–Trinajstić information content (AvgIpc) is 3.21. The summed E-state index contributed by atoms with van der Waals surface area (Å²) in [7, 11) is 1.88. The molecule has 3 rings (SSSR count). The minimum Gasteiger partial charge on any atom is -0.332 e. The second-order valence-electron chi connectivity index (χ2n) is 6.69. The summed E-state index contributed by atoms with van der Waals surface area (Å²) < 4.78 is 15.2. The number of halogens is 2. The van der Waals surface area contributed by atoms with Crippen LogP contribution in [0.4, 0.5) is 4.39 Å². The molecule has 26 heavy (non-hydrogen) atoms. The van der Waals surface area contributed by atoms with Crippen molar-refractivity contribution in [3.8, 4) is 5.69 Å². The molecule has 2 aromatic rings. The van der Waals surface area contributed by atoms with Crippen molar-refractivity contribution in [1.82, 2.24) is 25.0 Å². The van der Waals surface area contributed by atoms with Crippen LogP contribution in [0.5, 0.6) is 0 Å². The fourth-order valence-electron chi connectivity index (χ4n) is 3.27. The third-order valence-corrected chi connectivity index (χ3v) is 4.47. The monoisotopic (exact) mass is 381 g/mol. The molecule has 142 valence electrons. The zero-order valence-corrected chi connectivity index (χ0v) is 16.1. The van der Waals surface area contributed by atoms with E-state index in [1.54, 1.807) is 16.8 Å². The number of likely N-dealkylation sites (tertiary alicyclic amines) is 1. The highest BCUT2D eigenvalue weighted by Crippen LogP contribution is 2.22. The van der Waals surface area contributed by atoms with Crippen molar-refractivity contribution in [3.05, 3.63) is 41.7 Å². The number of hydrogen-bond acceptors (Lipinski definition) is 4. The quantitative estimate of drug-likeness (QED) is 0.865. The first-order valence-electron chi connectivity index (χ1n) is 8.69. The third-order valence-electron chi connectivity index (χ3n) is 4.47. The molecule has 0 bridgehead atoms. The Morgan fingerprint density at radius 3 is 2.85 bits per heavy atom. The first-order valence-corrected chi connectivity index (χ1v) is 8.69. The SMILES string of the molecule is CNCC1CCCN1C(=O)c1nc(C(C)C)n(-c2cccc(F)c2)n1.Cl. The van der Waals surface area contributed by atoms with E-state index >= 15 is 0 Å². The van der Waals surface area contributed by atoms with E-state index in [0.29, 0.717) is 11.5 Å². The number of aromatic nitrogens is 3. The molecule has 1 saturated heterocycles. The Labute approximate surface area is 159 Å². The standard InChI is InChI=1S/C18H24FN5O.ClH/c1-12(2)17-21-16(18(25)23-9-5-8-15(23)11-20-3)22-24(17)14-7-4-6-13(19)10-14;/h4,6-7,10,12,15,20H,5,8-9,11H2,1-3H3;1H. The van der Waals surface area contributed by atoms with Crippen molar-refractivity contribution in [2.24, 2.45) is 0 Å². The molecule has 1 amide bonds. The largest absolute Gasteiger partial charge is 0.332 e. The van der Waals surface area contributed by atoms with Gasteiger partial charge in [-0.3, -0.25) is 4.79 Å². The molecule has 1 aromatic carbocycles. The number of rotatable bonds is 5. The van der Waals surface area contributed by atoms with Crippen molar-refractivity contribution in [1.29, 1.82) is 0 Å². The highest BCUT2D eigenvalue weighted by Gasteiger charge is 2.32. The molecule has 1 N–H and O–H groups in total. The predicted octanol–water partition coefficient (Wildman–Crippen LogP) is 2.78. The maximum Gasteiger partial charge on any atom is 0.293 e. The molecule has 8 heteroatoms. The van der Waals surface area contributed by atoms with Crippen molar-refractivity contribution in [2.75, 3.05) is 20.1 Å². The molecule has 1 aromatic heterocycles. The van der Waals surface area contributed by atoms with Crippen LogP contribution >= 0.6 is 12.4 Å². The number of benzene rings is 1. The molecule has 1 atom stereocenters. The number of nitrogens with one attached hydrogen (secondary N) is 1. The van der Waals surface area contributed by atoms with Crippen molar-refractivity contribution in [2.45, 2.75) is 38.6 Å². The van der Waals surface area contributed by atoms with Crippen LogP contribution in [0.15, 0.2) is 24.3 Å². The van der Waals surface area contributed by atoms with E-state index in [-0.39, 0.29) is 41.9 Å². The number of nitrogens with zero attached hydrogens (tertiary/aromatic N) is 4. The minimum absolute atomic E-state index is 0. The second kappa shape index (κ2) is 8.60. The molecule has 1 aliphatic rings. The highest BCUT2D eigenvalue weighted by atomic mass is 35.5. The van der Waals surface area contributed by atoms with E-state index in [1.165, 1.54) is 12.1 Å². The average molecular weight is 382 g/mol. The van der Waals surface area contributed by atoms with E-state index < -0.39 is 0 Å². The summed E-state index contributed by atoms with van der Waals surface area (Å²) in [6.45, 7) is 5.44. The van der Waals surface area contributed by atoms with Gasteiger partial charge in [0.2, 0.25) is 5.82 Å². The summed E-state index contributed by atoms with van der Waals surface area (Å²) in [6, 6.07) is 6.34. The van der Waals surface area contributed by atoms with Gasteiger partial charge in [0.15, 0.2) is 0 Å². The summed E-state index contributed by atoms with van der Waals surface area (Å²) in [5.41, 5.74) is 0.573. The van der Waals surface area contributed by atoms with E-state index in [2.05, 4.69) is 15.4 Å². The Morgan fingerprint density at radius 2 is 2.19 bits per heavy atom. The van der Waals surface area contributed by atoms with Gasteiger partial charge in [0.25, 0.3) is 5.91 Å². The zero-order valence-electron chi connectivity index (χ0n) is 15.3. The van der Waals surface area contributed by atoms with Crippen molar-refractivity contribution < 1.29 is 9.18 Å². The number of carbonyl (C=O) groups excluding carboxylic acids is 1. The third kappa shape index (κ3) is 4.04. The van der Waals surface area contributed by atoms with Gasteiger partial charge in [-0.1, -0.05) is 19.9 Å². The maximum atomic E-state index is 13.6. The number of carbonyl (C=O) groups is 1. The number of hydrogen-bond donors (Lipinski definition) is 1. The van der Waals surface area contributed by atoms with Crippen molar-refractivity contribution in [3.63, 3.8) is 0 Å². The van der Waals surface area contributed by atoms with Gasteiger partial charge in [-0.05, 0) is 38.1 Å². The minimum atomic E-state index is -0.343. The predicted molar refractivity (Wildman–Crippen MR) is 101 cm³/mol. The maximum absolute atomic E-state index is 13.6. The Morgan fingerprint density at radius 1 is 1.42 bits per heavy atom. The van der Waals surface area contributed by atoms with E-state index in [0.717, 1.165) is 25.9 Å². The Hall–Kier alpha value is -1.99. The summed E-state index contributed by atoms with van der Waals surface area (Å²) in [6.07, 6.45) is 1.97. The van der Waals surface area contributed by atoms with Gasteiger partial charge >= 0.3 is 0 Å². The second-order valence-corrected chi connectivity index (χ2v) is 6.69. The van der Waals surface area contributed by atoms with Gasteiger partial charge < -0.3 is 10.2 Å². The van der Waals surface area contributed by atoms with Crippen LogP contribution in [0.1, 0.15) is 49.1 Å². The van der Waals surface area contributed by atoms with Crippen LogP contribution in [0.25, 0.3) is 5.69 Å². The lowest BCUT2D eigenvalue weighted by Crippen LogP contribution is -2.41. The number of amides is 1. The summed E-state index contributed by atoms with van der Waals surface area (Å²) in [5.74, 6) is 0.386. The van der Waals surface area contributed by atoms with Gasteiger partial charge in [0.05, 0.1) is 5.69 Å². The first-order chi connectivity index (χ1) is 12.0. The fraction of sp³-hybridized carbons (Fsp3) is 0.500. The Kier molecular flexibility index (Phi) is 6.72. The molecular formula is C18H25ClFN5O. The van der Waals surface area contributed by atoms with Gasteiger partial charge in [-0.15, -0.1) is 17.5 Å². The molecule has 1 aliphatic heterocycles. The van der Waals surface area contributed by atoms with Crippen molar-refractivity contribution >= 4 is 18.3 Å².